The third-order valence-electron chi connectivity index (χ3n) is 2.53. The van der Waals surface area contributed by atoms with Crippen LogP contribution < -0.4 is 4.74 Å². The molecule has 1 atom stereocenters. The fourth-order valence-electron chi connectivity index (χ4n) is 1.62. The van der Waals surface area contributed by atoms with Gasteiger partial charge in [0.05, 0.1) is 0 Å². The van der Waals surface area contributed by atoms with Crippen molar-refractivity contribution in [3.05, 3.63) is 29.8 Å². The molecule has 0 spiro atoms. The fraction of sp³-hybridized carbons (Fsp3) is 0.455. The van der Waals surface area contributed by atoms with Crippen LogP contribution in [0.1, 0.15) is 18.9 Å². The average Bonchev–Trinajstić information content (AvgIpc) is 2.18. The molecule has 0 fully saturated rings. The second-order valence-electron chi connectivity index (χ2n) is 3.79. The highest BCUT2D eigenvalue weighted by Gasteiger charge is 2.29. The van der Waals surface area contributed by atoms with Gasteiger partial charge in [-0.1, -0.05) is 34.1 Å². The number of ether oxygens (including phenoxy) is 1. The monoisotopic (exact) mass is 240 g/mol. The maximum atomic E-state index is 5.92. The zero-order valence-corrected chi connectivity index (χ0v) is 9.30. The highest BCUT2D eigenvalue weighted by atomic mass is 79.9. The summed E-state index contributed by atoms with van der Waals surface area (Å²) in [5.41, 5.74) is 1.31. The van der Waals surface area contributed by atoms with E-state index in [1.165, 1.54) is 5.56 Å². The molecule has 0 saturated carbocycles. The minimum absolute atomic E-state index is 0.0195. The molecular formula is C11H13BrO. The van der Waals surface area contributed by atoms with Crippen molar-refractivity contribution in [2.75, 3.05) is 5.33 Å². The third-order valence-corrected chi connectivity index (χ3v) is 3.72. The second kappa shape index (κ2) is 3.33. The molecule has 1 unspecified atom stereocenters. The van der Waals surface area contributed by atoms with Crippen molar-refractivity contribution in [3.63, 3.8) is 0 Å². The molecule has 1 aliphatic rings. The number of hydrogen-bond acceptors (Lipinski definition) is 1. The molecule has 0 aliphatic carbocycles. The molecule has 0 amide bonds. The quantitative estimate of drug-likeness (QED) is 0.686. The van der Waals surface area contributed by atoms with Gasteiger partial charge in [-0.25, -0.2) is 0 Å². The van der Waals surface area contributed by atoms with E-state index in [9.17, 15) is 0 Å². The van der Waals surface area contributed by atoms with Gasteiger partial charge in [0.15, 0.2) is 0 Å². The molecule has 0 aromatic heterocycles. The number of rotatable bonds is 1. The molecule has 13 heavy (non-hydrogen) atoms. The van der Waals surface area contributed by atoms with Crippen LogP contribution >= 0.6 is 15.9 Å². The Morgan fingerprint density at radius 3 is 3.00 bits per heavy atom. The lowest BCUT2D eigenvalue weighted by Gasteiger charge is -2.34. The third kappa shape index (κ3) is 1.73. The van der Waals surface area contributed by atoms with E-state index in [1.807, 2.05) is 6.07 Å². The van der Waals surface area contributed by atoms with E-state index < -0.39 is 0 Å². The summed E-state index contributed by atoms with van der Waals surface area (Å²) in [5.74, 6) is 1.05. The molecule has 1 aromatic rings. The van der Waals surface area contributed by atoms with Gasteiger partial charge < -0.3 is 4.74 Å². The largest absolute Gasteiger partial charge is 0.486 e. The lowest BCUT2D eigenvalue weighted by molar-refractivity contribution is 0.0908. The molecule has 0 bridgehead atoms. The van der Waals surface area contributed by atoms with Gasteiger partial charge in [-0.15, -0.1) is 0 Å². The summed E-state index contributed by atoms with van der Waals surface area (Å²) in [6.45, 7) is 2.15. The van der Waals surface area contributed by atoms with E-state index in [2.05, 4.69) is 41.1 Å². The first-order chi connectivity index (χ1) is 6.23. The van der Waals surface area contributed by atoms with Crippen molar-refractivity contribution in [2.45, 2.75) is 25.4 Å². The first-order valence-corrected chi connectivity index (χ1v) is 5.68. The smallest absolute Gasteiger partial charge is 0.123 e. The topological polar surface area (TPSA) is 9.23 Å². The highest BCUT2D eigenvalue weighted by Crippen LogP contribution is 2.33. The van der Waals surface area contributed by atoms with Gasteiger partial charge in [-0.3, -0.25) is 0 Å². The summed E-state index contributed by atoms with van der Waals surface area (Å²) < 4.78 is 5.92. The van der Waals surface area contributed by atoms with Crippen molar-refractivity contribution >= 4 is 15.9 Å². The van der Waals surface area contributed by atoms with Crippen molar-refractivity contribution in [3.8, 4) is 5.75 Å². The fourth-order valence-corrected chi connectivity index (χ4v) is 2.01. The summed E-state index contributed by atoms with van der Waals surface area (Å²) >= 11 is 3.49. The van der Waals surface area contributed by atoms with Crippen LogP contribution in [0.5, 0.6) is 5.75 Å². The van der Waals surface area contributed by atoms with Crippen LogP contribution in [0.15, 0.2) is 24.3 Å². The number of halogens is 1. The Bertz CT molecular complexity index is 311. The first kappa shape index (κ1) is 9.07. The summed E-state index contributed by atoms with van der Waals surface area (Å²) in [6.07, 6.45) is 2.22. The van der Waals surface area contributed by atoms with E-state index in [0.29, 0.717) is 0 Å². The molecule has 1 aromatic carbocycles. The Hall–Kier alpha value is -0.500. The van der Waals surface area contributed by atoms with Crippen molar-refractivity contribution in [1.82, 2.24) is 0 Å². The van der Waals surface area contributed by atoms with Gasteiger partial charge in [-0.05, 0) is 31.4 Å². The lowest BCUT2D eigenvalue weighted by atomic mass is 9.94. The Kier molecular flexibility index (Phi) is 2.33. The summed E-state index contributed by atoms with van der Waals surface area (Å²) in [5, 5.41) is 0.897. The number of hydrogen-bond donors (Lipinski definition) is 0. The van der Waals surface area contributed by atoms with E-state index in [0.717, 1.165) is 23.9 Å². The summed E-state index contributed by atoms with van der Waals surface area (Å²) in [4.78, 5) is 0. The van der Waals surface area contributed by atoms with Gasteiger partial charge in [-0.2, -0.15) is 0 Å². The molecule has 70 valence electrons. The first-order valence-electron chi connectivity index (χ1n) is 4.56. The van der Waals surface area contributed by atoms with Crippen LogP contribution in [0.25, 0.3) is 0 Å². The van der Waals surface area contributed by atoms with Crippen molar-refractivity contribution < 1.29 is 4.74 Å². The van der Waals surface area contributed by atoms with Gasteiger partial charge in [0.1, 0.15) is 11.4 Å². The normalized spacial score (nSPS) is 26.3. The van der Waals surface area contributed by atoms with Crippen molar-refractivity contribution in [1.29, 1.82) is 0 Å². The van der Waals surface area contributed by atoms with E-state index in [1.54, 1.807) is 0 Å². The average molecular weight is 241 g/mol. The predicted octanol–water partition coefficient (Wildman–Crippen LogP) is 3.17. The molecule has 1 aliphatic heterocycles. The van der Waals surface area contributed by atoms with Crippen LogP contribution in [0.4, 0.5) is 0 Å². The molecule has 1 nitrogen and oxygen atoms in total. The number of alkyl halides is 1. The predicted molar refractivity (Wildman–Crippen MR) is 57.6 cm³/mol. The maximum absolute atomic E-state index is 5.92. The molecule has 0 N–H and O–H groups in total. The molecular weight excluding hydrogens is 228 g/mol. The molecule has 0 saturated heterocycles. The Balaban J connectivity index is 2.29. The standard InChI is InChI=1S/C11H13BrO/c1-11(8-12)7-6-9-4-2-3-5-10(9)13-11/h2-5H,6-8H2,1H3. The van der Waals surface area contributed by atoms with Gasteiger partial charge in [0.25, 0.3) is 0 Å². The Labute approximate surface area is 87.2 Å². The highest BCUT2D eigenvalue weighted by molar-refractivity contribution is 9.09. The van der Waals surface area contributed by atoms with Gasteiger partial charge in [0, 0.05) is 5.33 Å². The summed E-state index contributed by atoms with van der Waals surface area (Å²) in [6, 6.07) is 8.29. The zero-order valence-electron chi connectivity index (χ0n) is 7.72. The molecule has 2 heteroatoms. The Morgan fingerprint density at radius 1 is 1.46 bits per heavy atom. The number of para-hydroxylation sites is 1. The molecule has 2 rings (SSSR count). The molecule has 1 heterocycles. The Morgan fingerprint density at radius 2 is 2.23 bits per heavy atom. The van der Waals surface area contributed by atoms with Crippen LogP contribution in [0.2, 0.25) is 0 Å². The van der Waals surface area contributed by atoms with Crippen LogP contribution in [0.3, 0.4) is 0 Å². The summed E-state index contributed by atoms with van der Waals surface area (Å²) in [7, 11) is 0. The van der Waals surface area contributed by atoms with E-state index >= 15 is 0 Å². The van der Waals surface area contributed by atoms with E-state index in [4.69, 9.17) is 4.74 Å². The minimum atomic E-state index is -0.0195. The second-order valence-corrected chi connectivity index (χ2v) is 4.35. The maximum Gasteiger partial charge on any atom is 0.123 e. The van der Waals surface area contributed by atoms with Crippen LogP contribution in [-0.4, -0.2) is 10.9 Å². The SMILES string of the molecule is CC1(CBr)CCc2ccccc2O1. The van der Waals surface area contributed by atoms with E-state index in [-0.39, 0.29) is 5.60 Å². The van der Waals surface area contributed by atoms with Gasteiger partial charge in [0.2, 0.25) is 0 Å². The van der Waals surface area contributed by atoms with Crippen LogP contribution in [-0.2, 0) is 6.42 Å². The van der Waals surface area contributed by atoms with Crippen LogP contribution in [0, 0.1) is 0 Å². The zero-order chi connectivity index (χ0) is 9.31. The number of benzene rings is 1. The minimum Gasteiger partial charge on any atom is -0.486 e. The number of fused-ring (bicyclic) bond motifs is 1. The molecule has 0 radical (unpaired) electrons. The van der Waals surface area contributed by atoms with Crippen molar-refractivity contribution in [2.24, 2.45) is 0 Å². The number of aryl methyl sites for hydroxylation is 1. The lowest BCUT2D eigenvalue weighted by Crippen LogP contribution is -2.37. The van der Waals surface area contributed by atoms with Gasteiger partial charge >= 0.3 is 0 Å².